The van der Waals surface area contributed by atoms with E-state index in [9.17, 15) is 4.79 Å². The highest BCUT2D eigenvalue weighted by Gasteiger charge is 2.29. The van der Waals surface area contributed by atoms with Crippen LogP contribution in [0, 0.1) is 0 Å². The Hall–Kier alpha value is -2.39. The predicted octanol–water partition coefficient (Wildman–Crippen LogP) is 3.59. The van der Waals surface area contributed by atoms with Gasteiger partial charge >= 0.3 is 0 Å². The average molecular weight is 320 g/mol. The molecule has 0 N–H and O–H groups in total. The summed E-state index contributed by atoms with van der Waals surface area (Å²) in [7, 11) is 0. The van der Waals surface area contributed by atoms with Crippen LogP contribution < -0.4 is 0 Å². The first-order valence-electron chi connectivity index (χ1n) is 8.51. The Bertz CT molecular complexity index is 669. The van der Waals surface area contributed by atoms with Gasteiger partial charge in [-0.05, 0) is 24.1 Å². The molecule has 1 aliphatic rings. The second kappa shape index (κ2) is 7.93. The fraction of sp³-hybridized carbons (Fsp3) is 0.286. The van der Waals surface area contributed by atoms with Crippen LogP contribution in [-0.2, 0) is 6.54 Å². The van der Waals surface area contributed by atoms with E-state index in [1.807, 2.05) is 47.4 Å². The average Bonchev–Trinajstić information content (AvgIpc) is 2.64. The van der Waals surface area contributed by atoms with Gasteiger partial charge in [-0.15, -0.1) is 6.58 Å². The molecule has 1 fully saturated rings. The zero-order valence-corrected chi connectivity index (χ0v) is 14.0. The molecular weight excluding hydrogens is 296 g/mol. The zero-order valence-electron chi connectivity index (χ0n) is 14.0. The molecule has 1 aliphatic heterocycles. The summed E-state index contributed by atoms with van der Waals surface area (Å²) in [6.07, 6.45) is 2.85. The Morgan fingerprint density at radius 2 is 1.71 bits per heavy atom. The third-order valence-corrected chi connectivity index (χ3v) is 4.58. The Balaban J connectivity index is 1.69. The molecule has 3 nitrogen and oxygen atoms in total. The standard InChI is InChI=1S/C21H24N2O/c1-2-9-20-17-23(21(24)19-12-7-4-8-13-19)15-14-22(20)16-18-10-5-3-6-11-18/h2-8,10-13,20H,1,9,14-17H2/t20-/m0/s1. The highest BCUT2D eigenvalue weighted by Crippen LogP contribution is 2.18. The minimum atomic E-state index is 0.129. The Kier molecular flexibility index (Phi) is 5.44. The minimum Gasteiger partial charge on any atom is -0.336 e. The normalized spacial score (nSPS) is 18.3. The van der Waals surface area contributed by atoms with Crippen molar-refractivity contribution in [2.45, 2.75) is 19.0 Å². The Labute approximate surface area is 144 Å². The molecule has 0 radical (unpaired) electrons. The van der Waals surface area contributed by atoms with Gasteiger partial charge in [-0.2, -0.15) is 0 Å². The summed E-state index contributed by atoms with van der Waals surface area (Å²) in [6, 6.07) is 20.4. The van der Waals surface area contributed by atoms with E-state index < -0.39 is 0 Å². The molecule has 0 aromatic heterocycles. The van der Waals surface area contributed by atoms with E-state index in [-0.39, 0.29) is 5.91 Å². The van der Waals surface area contributed by atoms with Gasteiger partial charge in [0.2, 0.25) is 0 Å². The number of hydrogen-bond donors (Lipinski definition) is 0. The highest BCUT2D eigenvalue weighted by molar-refractivity contribution is 5.94. The van der Waals surface area contributed by atoms with E-state index in [4.69, 9.17) is 0 Å². The van der Waals surface area contributed by atoms with Crippen molar-refractivity contribution in [3.8, 4) is 0 Å². The second-order valence-electron chi connectivity index (χ2n) is 6.25. The van der Waals surface area contributed by atoms with Crippen LogP contribution in [0.25, 0.3) is 0 Å². The van der Waals surface area contributed by atoms with E-state index in [2.05, 4.69) is 35.7 Å². The summed E-state index contributed by atoms with van der Waals surface area (Å²) >= 11 is 0. The molecule has 3 rings (SSSR count). The number of carbonyl (C=O) groups is 1. The maximum atomic E-state index is 12.7. The van der Waals surface area contributed by atoms with Gasteiger partial charge < -0.3 is 4.90 Å². The summed E-state index contributed by atoms with van der Waals surface area (Å²) in [5.41, 5.74) is 2.08. The summed E-state index contributed by atoms with van der Waals surface area (Å²) < 4.78 is 0. The molecule has 0 unspecified atom stereocenters. The maximum Gasteiger partial charge on any atom is 0.253 e. The van der Waals surface area contributed by atoms with Crippen LogP contribution in [0.1, 0.15) is 22.3 Å². The lowest BCUT2D eigenvalue weighted by Gasteiger charge is -2.41. The Morgan fingerprint density at radius 3 is 2.38 bits per heavy atom. The molecule has 2 aromatic carbocycles. The smallest absolute Gasteiger partial charge is 0.253 e. The number of amides is 1. The number of hydrogen-bond acceptors (Lipinski definition) is 2. The van der Waals surface area contributed by atoms with Crippen LogP contribution in [0.4, 0.5) is 0 Å². The van der Waals surface area contributed by atoms with Gasteiger partial charge in [0.15, 0.2) is 0 Å². The number of rotatable bonds is 5. The lowest BCUT2D eigenvalue weighted by atomic mass is 10.1. The van der Waals surface area contributed by atoms with Gasteiger partial charge in [0.05, 0.1) is 0 Å². The van der Waals surface area contributed by atoms with Gasteiger partial charge in [-0.3, -0.25) is 9.69 Å². The number of nitrogens with zero attached hydrogens (tertiary/aromatic N) is 2. The largest absolute Gasteiger partial charge is 0.336 e. The summed E-state index contributed by atoms with van der Waals surface area (Å²) in [6.45, 7) is 7.24. The van der Waals surface area contributed by atoms with Crippen LogP contribution in [0.2, 0.25) is 0 Å². The monoisotopic (exact) mass is 320 g/mol. The van der Waals surface area contributed by atoms with E-state index in [0.29, 0.717) is 6.04 Å². The maximum absolute atomic E-state index is 12.7. The second-order valence-corrected chi connectivity index (χ2v) is 6.25. The molecule has 0 spiro atoms. The van der Waals surface area contributed by atoms with Crippen molar-refractivity contribution in [3.63, 3.8) is 0 Å². The number of carbonyl (C=O) groups excluding carboxylic acids is 1. The fourth-order valence-electron chi connectivity index (χ4n) is 3.28. The van der Waals surface area contributed by atoms with Crippen molar-refractivity contribution in [2.75, 3.05) is 19.6 Å². The van der Waals surface area contributed by atoms with Gasteiger partial charge in [-0.25, -0.2) is 0 Å². The Morgan fingerprint density at radius 1 is 1.04 bits per heavy atom. The summed E-state index contributed by atoms with van der Waals surface area (Å²) in [5, 5.41) is 0. The third-order valence-electron chi connectivity index (χ3n) is 4.58. The summed E-state index contributed by atoms with van der Waals surface area (Å²) in [5.74, 6) is 0.129. The third kappa shape index (κ3) is 3.92. The first-order valence-corrected chi connectivity index (χ1v) is 8.51. The molecule has 1 heterocycles. The van der Waals surface area contributed by atoms with Gasteiger partial charge in [0.1, 0.15) is 0 Å². The van der Waals surface area contributed by atoms with Crippen LogP contribution in [-0.4, -0.2) is 41.4 Å². The van der Waals surface area contributed by atoms with Crippen LogP contribution >= 0.6 is 0 Å². The van der Waals surface area contributed by atoms with Crippen molar-refractivity contribution in [1.29, 1.82) is 0 Å². The molecule has 0 bridgehead atoms. The van der Waals surface area contributed by atoms with E-state index in [1.54, 1.807) is 0 Å². The number of benzene rings is 2. The minimum absolute atomic E-state index is 0.129. The van der Waals surface area contributed by atoms with Crippen molar-refractivity contribution in [2.24, 2.45) is 0 Å². The lowest BCUT2D eigenvalue weighted by Crippen LogP contribution is -2.54. The van der Waals surface area contributed by atoms with Crippen molar-refractivity contribution in [1.82, 2.24) is 9.80 Å². The quantitative estimate of drug-likeness (QED) is 0.786. The zero-order chi connectivity index (χ0) is 16.8. The summed E-state index contributed by atoms with van der Waals surface area (Å²) in [4.78, 5) is 17.1. The molecular formula is C21H24N2O. The van der Waals surface area contributed by atoms with Crippen molar-refractivity contribution < 1.29 is 4.79 Å². The molecule has 1 saturated heterocycles. The SMILES string of the molecule is C=CC[C@H]1CN(C(=O)c2ccccc2)CCN1Cc1ccccc1. The van der Waals surface area contributed by atoms with Gasteiger partial charge in [0, 0.05) is 37.8 Å². The van der Waals surface area contributed by atoms with Crippen LogP contribution in [0.15, 0.2) is 73.3 Å². The highest BCUT2D eigenvalue weighted by atomic mass is 16.2. The van der Waals surface area contributed by atoms with Crippen LogP contribution in [0.5, 0.6) is 0 Å². The molecule has 1 atom stereocenters. The molecule has 2 aromatic rings. The van der Waals surface area contributed by atoms with E-state index >= 15 is 0 Å². The topological polar surface area (TPSA) is 23.6 Å². The lowest BCUT2D eigenvalue weighted by molar-refractivity contribution is 0.0465. The van der Waals surface area contributed by atoms with Gasteiger partial charge in [-0.1, -0.05) is 54.6 Å². The van der Waals surface area contributed by atoms with Crippen LogP contribution in [0.3, 0.4) is 0 Å². The first-order chi connectivity index (χ1) is 11.8. The molecule has 0 saturated carbocycles. The van der Waals surface area contributed by atoms with E-state index in [0.717, 1.165) is 38.2 Å². The molecule has 1 amide bonds. The van der Waals surface area contributed by atoms with Crippen molar-refractivity contribution >= 4 is 5.91 Å². The fourth-order valence-corrected chi connectivity index (χ4v) is 3.28. The number of piperazine rings is 1. The van der Waals surface area contributed by atoms with Gasteiger partial charge in [0.25, 0.3) is 5.91 Å². The first kappa shape index (κ1) is 16.5. The van der Waals surface area contributed by atoms with E-state index in [1.165, 1.54) is 5.56 Å². The van der Waals surface area contributed by atoms with Crippen molar-refractivity contribution in [3.05, 3.63) is 84.4 Å². The molecule has 3 heteroatoms. The molecule has 24 heavy (non-hydrogen) atoms. The predicted molar refractivity (Wildman–Crippen MR) is 97.8 cm³/mol. The molecule has 124 valence electrons. The molecule has 0 aliphatic carbocycles.